The van der Waals surface area contributed by atoms with E-state index < -0.39 is 0 Å². The average Bonchev–Trinajstić information content (AvgIpc) is 2.16. The van der Waals surface area contributed by atoms with E-state index in [9.17, 15) is 5.11 Å². The van der Waals surface area contributed by atoms with E-state index in [2.05, 4.69) is 5.32 Å². The van der Waals surface area contributed by atoms with Gasteiger partial charge < -0.3 is 10.4 Å². The number of benzene rings is 1. The summed E-state index contributed by atoms with van der Waals surface area (Å²) in [6.45, 7) is 0.974. The molecule has 0 fully saturated rings. The molecule has 14 heavy (non-hydrogen) atoms. The molecule has 0 aromatic heterocycles. The third-order valence-corrected chi connectivity index (χ3v) is 2.83. The Kier molecular flexibility index (Phi) is 2.94. The largest absolute Gasteiger partial charge is 0.388 e. The number of halogens is 1. The number of anilines is 1. The van der Waals surface area contributed by atoms with Gasteiger partial charge in [-0.05, 0) is 37.5 Å². The Bertz CT molecular complexity index is 327. The van der Waals surface area contributed by atoms with E-state index in [1.165, 1.54) is 0 Å². The summed E-state index contributed by atoms with van der Waals surface area (Å²) in [5, 5.41) is 13.9. The van der Waals surface area contributed by atoms with E-state index in [1.54, 1.807) is 0 Å². The number of rotatable bonds is 0. The fourth-order valence-electron chi connectivity index (χ4n) is 1.81. The molecule has 0 saturated carbocycles. The second-order valence-electron chi connectivity index (χ2n) is 3.67. The molecule has 1 aromatic rings. The molecule has 3 heteroatoms. The molecule has 0 bridgehead atoms. The maximum atomic E-state index is 9.89. The molecule has 0 amide bonds. The summed E-state index contributed by atoms with van der Waals surface area (Å²) in [5.74, 6) is 0. The number of hydrogen-bond donors (Lipinski definition) is 2. The summed E-state index contributed by atoms with van der Waals surface area (Å²) in [4.78, 5) is 0. The first-order valence-corrected chi connectivity index (χ1v) is 5.36. The van der Waals surface area contributed by atoms with Crippen LogP contribution in [-0.2, 0) is 0 Å². The van der Waals surface area contributed by atoms with Crippen LogP contribution in [0.4, 0.5) is 5.69 Å². The highest BCUT2D eigenvalue weighted by atomic mass is 35.5. The number of aliphatic hydroxyl groups excluding tert-OH is 1. The normalized spacial score (nSPS) is 21.7. The lowest BCUT2D eigenvalue weighted by Gasteiger charge is -2.20. The molecule has 2 rings (SSSR count). The Hall–Kier alpha value is -0.730. The Labute approximate surface area is 88.9 Å². The number of hydrogen-bond acceptors (Lipinski definition) is 2. The van der Waals surface area contributed by atoms with Crippen molar-refractivity contribution in [2.45, 2.75) is 25.4 Å². The summed E-state index contributed by atoms with van der Waals surface area (Å²) < 4.78 is 0. The lowest BCUT2D eigenvalue weighted by atomic mass is 10.00. The zero-order valence-corrected chi connectivity index (χ0v) is 8.72. The lowest BCUT2D eigenvalue weighted by Crippen LogP contribution is -2.11. The lowest BCUT2D eigenvalue weighted by molar-refractivity contribution is 0.163. The van der Waals surface area contributed by atoms with Gasteiger partial charge in [-0.2, -0.15) is 0 Å². The van der Waals surface area contributed by atoms with Gasteiger partial charge in [0.15, 0.2) is 0 Å². The van der Waals surface area contributed by atoms with E-state index in [0.29, 0.717) is 5.02 Å². The van der Waals surface area contributed by atoms with Crippen LogP contribution in [0.25, 0.3) is 0 Å². The van der Waals surface area contributed by atoms with Crippen molar-refractivity contribution >= 4 is 17.3 Å². The Morgan fingerprint density at radius 2 is 2.21 bits per heavy atom. The van der Waals surface area contributed by atoms with Gasteiger partial charge in [0.25, 0.3) is 0 Å². The van der Waals surface area contributed by atoms with E-state index in [0.717, 1.165) is 37.1 Å². The maximum Gasteiger partial charge on any atom is 0.0810 e. The second kappa shape index (κ2) is 4.20. The standard InChI is InChI=1S/C11H14ClNO/c12-8-4-5-10-9(7-8)11(14)3-1-2-6-13-10/h4-5,7,11,13-14H,1-3,6H2. The zero-order chi connectivity index (χ0) is 9.97. The van der Waals surface area contributed by atoms with Crippen molar-refractivity contribution in [1.29, 1.82) is 0 Å². The molecule has 1 aromatic carbocycles. The van der Waals surface area contributed by atoms with Gasteiger partial charge in [0.05, 0.1) is 6.10 Å². The monoisotopic (exact) mass is 211 g/mol. The number of aliphatic hydroxyl groups is 1. The third kappa shape index (κ3) is 2.02. The van der Waals surface area contributed by atoms with Gasteiger partial charge in [0.2, 0.25) is 0 Å². The molecule has 1 unspecified atom stereocenters. The van der Waals surface area contributed by atoms with Crippen LogP contribution in [-0.4, -0.2) is 11.7 Å². The highest BCUT2D eigenvalue weighted by Gasteiger charge is 2.14. The van der Waals surface area contributed by atoms with Crippen molar-refractivity contribution in [2.24, 2.45) is 0 Å². The fourth-order valence-corrected chi connectivity index (χ4v) is 1.99. The molecule has 0 radical (unpaired) electrons. The summed E-state index contributed by atoms with van der Waals surface area (Å²) in [6.07, 6.45) is 2.62. The van der Waals surface area contributed by atoms with Crippen LogP contribution in [0.15, 0.2) is 18.2 Å². The van der Waals surface area contributed by atoms with Crippen molar-refractivity contribution < 1.29 is 5.11 Å². The second-order valence-corrected chi connectivity index (χ2v) is 4.11. The van der Waals surface area contributed by atoms with Gasteiger partial charge in [0.1, 0.15) is 0 Å². The fraction of sp³-hybridized carbons (Fsp3) is 0.455. The molecule has 0 aliphatic carbocycles. The van der Waals surface area contributed by atoms with Crippen molar-refractivity contribution in [3.05, 3.63) is 28.8 Å². The minimum Gasteiger partial charge on any atom is -0.388 e. The first-order valence-electron chi connectivity index (χ1n) is 4.99. The SMILES string of the molecule is OC1CCCCNc2ccc(Cl)cc21. The quantitative estimate of drug-likeness (QED) is 0.692. The highest BCUT2D eigenvalue weighted by molar-refractivity contribution is 6.30. The first-order chi connectivity index (χ1) is 6.77. The molecule has 2 N–H and O–H groups in total. The summed E-state index contributed by atoms with van der Waals surface area (Å²) in [6, 6.07) is 5.63. The molecule has 0 spiro atoms. The first kappa shape index (κ1) is 9.81. The molecular formula is C11H14ClNO. The summed E-state index contributed by atoms with van der Waals surface area (Å²) >= 11 is 5.90. The minimum absolute atomic E-state index is 0.378. The Morgan fingerprint density at radius 1 is 1.36 bits per heavy atom. The van der Waals surface area contributed by atoms with Crippen LogP contribution in [0, 0.1) is 0 Å². The third-order valence-electron chi connectivity index (χ3n) is 2.59. The molecule has 1 heterocycles. The topological polar surface area (TPSA) is 32.3 Å². The zero-order valence-electron chi connectivity index (χ0n) is 7.96. The van der Waals surface area contributed by atoms with Gasteiger partial charge in [-0.1, -0.05) is 11.6 Å². The molecule has 1 aliphatic heterocycles. The number of nitrogens with one attached hydrogen (secondary N) is 1. The van der Waals surface area contributed by atoms with Crippen LogP contribution in [0.3, 0.4) is 0 Å². The van der Waals surface area contributed by atoms with Crippen LogP contribution in [0.5, 0.6) is 0 Å². The van der Waals surface area contributed by atoms with Crippen LogP contribution in [0.1, 0.15) is 30.9 Å². The van der Waals surface area contributed by atoms with Crippen molar-refractivity contribution in [3.8, 4) is 0 Å². The van der Waals surface area contributed by atoms with Crippen molar-refractivity contribution in [2.75, 3.05) is 11.9 Å². The van der Waals surface area contributed by atoms with Gasteiger partial charge >= 0.3 is 0 Å². The summed E-state index contributed by atoms with van der Waals surface area (Å²) in [7, 11) is 0. The minimum atomic E-state index is -0.378. The predicted molar refractivity (Wildman–Crippen MR) is 58.8 cm³/mol. The van der Waals surface area contributed by atoms with Crippen molar-refractivity contribution in [3.63, 3.8) is 0 Å². The predicted octanol–water partition coefficient (Wildman–Crippen LogP) is 2.97. The van der Waals surface area contributed by atoms with Crippen LogP contribution in [0.2, 0.25) is 5.02 Å². The average molecular weight is 212 g/mol. The van der Waals surface area contributed by atoms with E-state index >= 15 is 0 Å². The van der Waals surface area contributed by atoms with E-state index in [-0.39, 0.29) is 6.10 Å². The number of fused-ring (bicyclic) bond motifs is 1. The molecule has 0 saturated heterocycles. The smallest absolute Gasteiger partial charge is 0.0810 e. The molecular weight excluding hydrogens is 198 g/mol. The van der Waals surface area contributed by atoms with E-state index in [4.69, 9.17) is 11.6 Å². The van der Waals surface area contributed by atoms with Crippen LogP contribution < -0.4 is 5.32 Å². The van der Waals surface area contributed by atoms with Gasteiger partial charge in [-0.3, -0.25) is 0 Å². The van der Waals surface area contributed by atoms with Gasteiger partial charge in [-0.25, -0.2) is 0 Å². The summed E-state index contributed by atoms with van der Waals surface area (Å²) in [5.41, 5.74) is 1.94. The molecule has 1 atom stereocenters. The molecule has 76 valence electrons. The Morgan fingerprint density at radius 3 is 3.07 bits per heavy atom. The van der Waals surface area contributed by atoms with Gasteiger partial charge in [-0.15, -0.1) is 0 Å². The van der Waals surface area contributed by atoms with Gasteiger partial charge in [0, 0.05) is 22.8 Å². The van der Waals surface area contributed by atoms with Crippen molar-refractivity contribution in [1.82, 2.24) is 0 Å². The molecule has 1 aliphatic rings. The molecule has 2 nitrogen and oxygen atoms in total. The highest BCUT2D eigenvalue weighted by Crippen LogP contribution is 2.30. The van der Waals surface area contributed by atoms with Crippen LogP contribution >= 0.6 is 11.6 Å². The van der Waals surface area contributed by atoms with E-state index in [1.807, 2.05) is 18.2 Å². The Balaban J connectivity index is 2.36. The maximum absolute atomic E-state index is 9.89.